The average Bonchev–Trinajstić information content (AvgIpc) is 3.15. The van der Waals surface area contributed by atoms with E-state index in [0.29, 0.717) is 11.3 Å². The highest BCUT2D eigenvalue weighted by molar-refractivity contribution is 7.94. The van der Waals surface area contributed by atoms with Crippen LogP contribution in [0.4, 0.5) is 5.69 Å². The maximum atomic E-state index is 12.8. The number of carbonyl (C=O) groups is 2. The van der Waals surface area contributed by atoms with E-state index >= 15 is 0 Å². The van der Waals surface area contributed by atoms with E-state index in [1.807, 2.05) is 13.8 Å². The molecule has 1 aromatic carbocycles. The summed E-state index contributed by atoms with van der Waals surface area (Å²) >= 11 is 1.48. The zero-order valence-electron chi connectivity index (χ0n) is 14.9. The van der Waals surface area contributed by atoms with Gasteiger partial charge in [0, 0.05) is 20.8 Å². The van der Waals surface area contributed by atoms with Gasteiger partial charge in [0.05, 0.1) is 17.4 Å². The predicted molar refractivity (Wildman–Crippen MR) is 105 cm³/mol. The largest absolute Gasteiger partial charge is 0.452 e. The smallest absolute Gasteiger partial charge is 0.339 e. The van der Waals surface area contributed by atoms with Gasteiger partial charge in [-0.3, -0.25) is 4.79 Å². The van der Waals surface area contributed by atoms with Crippen molar-refractivity contribution >= 4 is 38.7 Å². The number of benzene rings is 1. The van der Waals surface area contributed by atoms with E-state index in [1.165, 1.54) is 22.3 Å². The molecule has 1 atom stereocenters. The maximum absolute atomic E-state index is 12.8. The lowest BCUT2D eigenvalue weighted by atomic mass is 10.2. The second-order valence-electron chi connectivity index (χ2n) is 6.23. The van der Waals surface area contributed by atoms with Crippen molar-refractivity contribution in [3.63, 3.8) is 0 Å². The van der Waals surface area contributed by atoms with Crippen molar-refractivity contribution in [1.82, 2.24) is 0 Å². The van der Waals surface area contributed by atoms with Gasteiger partial charge in [0.2, 0.25) is 0 Å². The first-order valence-electron chi connectivity index (χ1n) is 8.29. The Morgan fingerprint density at radius 1 is 1.22 bits per heavy atom. The van der Waals surface area contributed by atoms with Gasteiger partial charge in [0.25, 0.3) is 5.91 Å². The van der Waals surface area contributed by atoms with E-state index in [-0.39, 0.29) is 5.75 Å². The topological polar surface area (TPSA) is 80.8 Å². The van der Waals surface area contributed by atoms with Gasteiger partial charge in [-0.25, -0.2) is 13.2 Å². The monoisotopic (exact) mass is 405 g/mol. The third-order valence-corrected chi connectivity index (χ3v) is 6.48. The molecular weight excluding hydrogens is 386 g/mol. The van der Waals surface area contributed by atoms with Crippen LogP contribution in [0.3, 0.4) is 0 Å². The van der Waals surface area contributed by atoms with E-state index < -0.39 is 34.4 Å². The normalized spacial score (nSPS) is 17.6. The zero-order valence-corrected chi connectivity index (χ0v) is 16.5. The molecule has 1 aromatic heterocycles. The lowest BCUT2D eigenvalue weighted by Gasteiger charge is -2.27. The predicted octanol–water partition coefficient (Wildman–Crippen LogP) is 2.87. The van der Waals surface area contributed by atoms with Crippen LogP contribution in [0.1, 0.15) is 20.1 Å². The molecule has 0 fully saturated rings. The molecule has 2 aromatic rings. The molecule has 0 radical (unpaired) electrons. The van der Waals surface area contributed by atoms with Crippen molar-refractivity contribution in [2.45, 2.75) is 19.9 Å². The van der Waals surface area contributed by atoms with Crippen LogP contribution < -0.4 is 4.90 Å². The number of esters is 1. The highest BCUT2D eigenvalue weighted by atomic mass is 32.2. The van der Waals surface area contributed by atoms with Gasteiger partial charge in [-0.1, -0.05) is 18.2 Å². The number of carbonyl (C=O) groups excluding carboxylic acids is 2. The Morgan fingerprint density at radius 3 is 2.48 bits per heavy atom. The Bertz CT molecular complexity index is 992. The second kappa shape index (κ2) is 7.66. The number of amides is 1. The minimum Gasteiger partial charge on any atom is -0.452 e. The Labute approximate surface area is 162 Å². The molecule has 0 saturated heterocycles. The highest BCUT2D eigenvalue weighted by Gasteiger charge is 2.32. The number of aryl methyl sites for hydroxylation is 2. The van der Waals surface area contributed by atoms with Crippen molar-refractivity contribution < 1.29 is 22.7 Å². The van der Waals surface area contributed by atoms with Gasteiger partial charge in [0.15, 0.2) is 16.4 Å². The number of ether oxygens (including phenoxy) is 1. The summed E-state index contributed by atoms with van der Waals surface area (Å²) in [5, 5.41) is 1.12. The molecule has 27 heavy (non-hydrogen) atoms. The number of nitrogens with zero attached hydrogens (tertiary/aromatic N) is 1. The third-order valence-electron chi connectivity index (χ3n) is 4.13. The molecule has 1 aliphatic rings. The summed E-state index contributed by atoms with van der Waals surface area (Å²) in [6.45, 7) is 3.25. The summed E-state index contributed by atoms with van der Waals surface area (Å²) in [5.74, 6) is -1.23. The molecule has 1 amide bonds. The third kappa shape index (κ3) is 4.45. The van der Waals surface area contributed by atoms with E-state index in [4.69, 9.17) is 4.74 Å². The molecule has 0 aliphatic carbocycles. The number of anilines is 1. The Balaban J connectivity index is 1.77. The van der Waals surface area contributed by atoms with Gasteiger partial charge >= 0.3 is 5.97 Å². The van der Waals surface area contributed by atoms with Gasteiger partial charge in [-0.15, -0.1) is 11.3 Å². The number of hydrogen-bond acceptors (Lipinski definition) is 6. The van der Waals surface area contributed by atoms with Crippen LogP contribution in [0, 0.1) is 13.8 Å². The van der Waals surface area contributed by atoms with Crippen LogP contribution in [0.5, 0.6) is 0 Å². The van der Waals surface area contributed by atoms with Gasteiger partial charge in [-0.05, 0) is 38.1 Å². The summed E-state index contributed by atoms with van der Waals surface area (Å²) in [5.41, 5.74) is 0.993. The van der Waals surface area contributed by atoms with Crippen molar-refractivity contribution in [1.29, 1.82) is 0 Å². The fraction of sp³-hybridized carbons (Fsp3) is 0.263. The molecule has 0 bridgehead atoms. The summed E-state index contributed by atoms with van der Waals surface area (Å²) in [7, 11) is -3.34. The SMILES string of the molecule is Cc1cc(C(=O)OCC(=O)N(c2ccccc2)[C@H]2C=CS(=O)(=O)C2)c(C)s1. The molecule has 0 saturated carbocycles. The van der Waals surface area contributed by atoms with Crippen molar-refractivity contribution in [3.8, 4) is 0 Å². The van der Waals surface area contributed by atoms with Crippen LogP contribution in [-0.2, 0) is 19.4 Å². The van der Waals surface area contributed by atoms with E-state index in [2.05, 4.69) is 0 Å². The van der Waals surface area contributed by atoms with Crippen LogP contribution >= 0.6 is 11.3 Å². The second-order valence-corrected chi connectivity index (χ2v) is 9.62. The zero-order chi connectivity index (χ0) is 19.6. The fourth-order valence-electron chi connectivity index (χ4n) is 2.94. The van der Waals surface area contributed by atoms with Crippen LogP contribution in [0.25, 0.3) is 0 Å². The number of sulfone groups is 1. The summed E-state index contributed by atoms with van der Waals surface area (Å²) in [6.07, 6.45) is 1.48. The quantitative estimate of drug-likeness (QED) is 0.715. The number of hydrogen-bond donors (Lipinski definition) is 0. The lowest BCUT2D eigenvalue weighted by Crippen LogP contribution is -2.43. The van der Waals surface area contributed by atoms with E-state index in [0.717, 1.165) is 15.2 Å². The molecule has 1 aliphatic heterocycles. The van der Waals surface area contributed by atoms with Crippen LogP contribution in [0.2, 0.25) is 0 Å². The molecule has 0 N–H and O–H groups in total. The van der Waals surface area contributed by atoms with E-state index in [1.54, 1.807) is 36.4 Å². The maximum Gasteiger partial charge on any atom is 0.339 e. The van der Waals surface area contributed by atoms with Crippen molar-refractivity contribution in [2.75, 3.05) is 17.3 Å². The summed E-state index contributed by atoms with van der Waals surface area (Å²) in [4.78, 5) is 28.2. The molecule has 8 heteroatoms. The molecule has 0 spiro atoms. The van der Waals surface area contributed by atoms with Crippen molar-refractivity contribution in [2.24, 2.45) is 0 Å². The Hall–Kier alpha value is -2.45. The average molecular weight is 405 g/mol. The van der Waals surface area contributed by atoms with Crippen molar-refractivity contribution in [3.05, 3.63) is 63.2 Å². The van der Waals surface area contributed by atoms with E-state index in [9.17, 15) is 18.0 Å². The minimum atomic E-state index is -3.34. The Morgan fingerprint density at radius 2 is 1.93 bits per heavy atom. The van der Waals surface area contributed by atoms with Crippen LogP contribution in [0.15, 0.2) is 47.9 Å². The van der Waals surface area contributed by atoms with Crippen LogP contribution in [-0.4, -0.2) is 38.7 Å². The number of para-hydroxylation sites is 1. The number of thiophene rings is 1. The number of rotatable bonds is 5. The molecule has 6 nitrogen and oxygen atoms in total. The fourth-order valence-corrected chi connectivity index (χ4v) is 5.12. The Kier molecular flexibility index (Phi) is 5.48. The molecular formula is C19H19NO5S2. The lowest BCUT2D eigenvalue weighted by molar-refractivity contribution is -0.121. The molecule has 0 unspecified atom stereocenters. The molecule has 142 valence electrons. The minimum absolute atomic E-state index is 0.190. The van der Waals surface area contributed by atoms with Gasteiger partial charge in [-0.2, -0.15) is 0 Å². The molecule has 3 rings (SSSR count). The standard InChI is InChI=1S/C19H19NO5S2/c1-13-10-17(14(2)26-13)19(22)25-11-18(21)20(15-6-4-3-5-7-15)16-8-9-27(23,24)12-16/h3-10,16H,11-12H2,1-2H3/t16-/m0/s1. The summed E-state index contributed by atoms with van der Waals surface area (Å²) in [6, 6.07) is 9.84. The molecule has 2 heterocycles. The van der Waals surface area contributed by atoms with Gasteiger partial charge in [0.1, 0.15) is 0 Å². The van der Waals surface area contributed by atoms with Gasteiger partial charge < -0.3 is 9.64 Å². The summed E-state index contributed by atoms with van der Waals surface area (Å²) < 4.78 is 28.8. The highest BCUT2D eigenvalue weighted by Crippen LogP contribution is 2.24. The first kappa shape index (κ1) is 19.3. The first-order chi connectivity index (χ1) is 12.8. The first-order valence-corrected chi connectivity index (χ1v) is 10.8.